The lowest BCUT2D eigenvalue weighted by molar-refractivity contribution is 0.206. The van der Waals surface area contributed by atoms with E-state index in [1.54, 1.807) is 7.11 Å². The average Bonchev–Trinajstić information content (AvgIpc) is 2.39. The van der Waals surface area contributed by atoms with Gasteiger partial charge >= 0.3 is 0 Å². The topological polar surface area (TPSA) is 24.5 Å². The lowest BCUT2D eigenvalue weighted by atomic mass is 9.98. The van der Waals surface area contributed by atoms with E-state index in [4.69, 9.17) is 16.3 Å². The van der Waals surface area contributed by atoms with E-state index in [2.05, 4.69) is 17.3 Å². The molecule has 1 heterocycles. The summed E-state index contributed by atoms with van der Waals surface area (Å²) in [6.07, 6.45) is 2.63. The number of benzene rings is 1. The molecule has 19 heavy (non-hydrogen) atoms. The van der Waals surface area contributed by atoms with E-state index in [1.165, 1.54) is 25.9 Å². The monoisotopic (exact) mass is 282 g/mol. The number of nitrogens with zero attached hydrogens (tertiary/aromatic N) is 1. The second-order valence-corrected chi connectivity index (χ2v) is 5.79. The fourth-order valence-corrected chi connectivity index (χ4v) is 2.93. The normalized spacial score (nSPS) is 20.5. The van der Waals surface area contributed by atoms with Crippen LogP contribution in [0.5, 0.6) is 5.75 Å². The Morgan fingerprint density at radius 3 is 3.05 bits per heavy atom. The zero-order valence-electron chi connectivity index (χ0n) is 11.8. The summed E-state index contributed by atoms with van der Waals surface area (Å²) in [5.41, 5.74) is 1.12. The Kier molecular flexibility index (Phi) is 5.49. The number of hydrogen-bond donors (Lipinski definition) is 1. The number of nitrogens with one attached hydrogen (secondary N) is 1. The van der Waals surface area contributed by atoms with Crippen molar-refractivity contribution in [1.82, 2.24) is 10.2 Å². The van der Waals surface area contributed by atoms with Gasteiger partial charge in [-0.25, -0.2) is 0 Å². The summed E-state index contributed by atoms with van der Waals surface area (Å²) >= 11 is 6.03. The van der Waals surface area contributed by atoms with Gasteiger partial charge in [0.2, 0.25) is 0 Å². The molecule has 1 atom stereocenters. The van der Waals surface area contributed by atoms with Crippen LogP contribution in [-0.2, 0) is 6.54 Å². The van der Waals surface area contributed by atoms with Crippen molar-refractivity contribution in [2.75, 3.05) is 33.8 Å². The Morgan fingerprint density at radius 2 is 2.32 bits per heavy atom. The van der Waals surface area contributed by atoms with Gasteiger partial charge in [0.05, 0.1) is 7.11 Å². The summed E-state index contributed by atoms with van der Waals surface area (Å²) in [6, 6.07) is 5.76. The van der Waals surface area contributed by atoms with Gasteiger partial charge in [0.1, 0.15) is 5.75 Å². The molecule has 0 amide bonds. The van der Waals surface area contributed by atoms with Gasteiger partial charge in [0.25, 0.3) is 0 Å². The molecule has 1 aromatic rings. The van der Waals surface area contributed by atoms with E-state index in [-0.39, 0.29) is 0 Å². The minimum atomic E-state index is 0.754. The zero-order chi connectivity index (χ0) is 13.7. The third-order valence-electron chi connectivity index (χ3n) is 3.71. The van der Waals surface area contributed by atoms with Crippen molar-refractivity contribution in [2.45, 2.75) is 19.4 Å². The third-order valence-corrected chi connectivity index (χ3v) is 3.95. The van der Waals surface area contributed by atoms with Crippen LogP contribution >= 0.6 is 11.6 Å². The fraction of sp³-hybridized carbons (Fsp3) is 0.600. The number of piperidine rings is 1. The first-order chi connectivity index (χ1) is 9.19. The molecule has 4 heteroatoms. The molecule has 2 rings (SSSR count). The predicted octanol–water partition coefficient (Wildman–Crippen LogP) is 2.78. The zero-order valence-corrected chi connectivity index (χ0v) is 12.5. The average molecular weight is 283 g/mol. The Bertz CT molecular complexity index is 411. The van der Waals surface area contributed by atoms with E-state index < -0.39 is 0 Å². The Labute approximate surface area is 120 Å². The standard InChI is InChI=1S/C15H23ClN2O/c1-18-7-3-4-12(11-18)9-17-10-13-8-14(16)5-6-15(13)19-2/h5-6,8,12,17H,3-4,7,9-11H2,1-2H3. The van der Waals surface area contributed by atoms with E-state index in [0.717, 1.165) is 35.3 Å². The van der Waals surface area contributed by atoms with Crippen LogP contribution in [0.25, 0.3) is 0 Å². The highest BCUT2D eigenvalue weighted by atomic mass is 35.5. The van der Waals surface area contributed by atoms with Crippen LogP contribution < -0.4 is 10.1 Å². The number of hydrogen-bond acceptors (Lipinski definition) is 3. The van der Waals surface area contributed by atoms with E-state index in [9.17, 15) is 0 Å². The number of rotatable bonds is 5. The van der Waals surface area contributed by atoms with Gasteiger partial charge in [-0.2, -0.15) is 0 Å². The van der Waals surface area contributed by atoms with Crippen molar-refractivity contribution in [1.29, 1.82) is 0 Å². The van der Waals surface area contributed by atoms with Crippen molar-refractivity contribution < 1.29 is 4.74 Å². The summed E-state index contributed by atoms with van der Waals surface area (Å²) in [7, 11) is 3.90. The van der Waals surface area contributed by atoms with Gasteiger partial charge in [-0.1, -0.05) is 11.6 Å². The molecule has 1 saturated heterocycles. The maximum atomic E-state index is 6.03. The molecule has 0 spiro atoms. The molecule has 106 valence electrons. The van der Waals surface area contributed by atoms with Crippen molar-refractivity contribution in [3.8, 4) is 5.75 Å². The van der Waals surface area contributed by atoms with Crippen LogP contribution in [0.2, 0.25) is 5.02 Å². The van der Waals surface area contributed by atoms with E-state index >= 15 is 0 Å². The van der Waals surface area contributed by atoms with E-state index in [1.807, 2.05) is 18.2 Å². The van der Waals surface area contributed by atoms with Crippen LogP contribution in [0, 0.1) is 5.92 Å². The van der Waals surface area contributed by atoms with E-state index in [0.29, 0.717) is 0 Å². The number of likely N-dealkylation sites (tertiary alicyclic amines) is 1. The van der Waals surface area contributed by atoms with Crippen molar-refractivity contribution >= 4 is 11.6 Å². The number of ether oxygens (including phenoxy) is 1. The Morgan fingerprint density at radius 1 is 1.47 bits per heavy atom. The maximum absolute atomic E-state index is 6.03. The molecule has 1 N–H and O–H groups in total. The van der Waals surface area contributed by atoms with Gasteiger partial charge in [-0.3, -0.25) is 0 Å². The van der Waals surface area contributed by atoms with Crippen LogP contribution in [0.4, 0.5) is 0 Å². The molecule has 1 aromatic carbocycles. The number of halogens is 1. The third kappa shape index (κ3) is 4.37. The first kappa shape index (κ1) is 14.6. The molecule has 3 nitrogen and oxygen atoms in total. The van der Waals surface area contributed by atoms with Crippen LogP contribution in [0.15, 0.2) is 18.2 Å². The minimum absolute atomic E-state index is 0.754. The molecule has 1 fully saturated rings. The highest BCUT2D eigenvalue weighted by Gasteiger charge is 2.16. The molecule has 1 aliphatic rings. The molecule has 1 unspecified atom stereocenters. The second kappa shape index (κ2) is 7.13. The van der Waals surface area contributed by atoms with Crippen molar-refractivity contribution in [3.05, 3.63) is 28.8 Å². The molecule has 0 aliphatic carbocycles. The maximum Gasteiger partial charge on any atom is 0.123 e. The molecule has 0 bridgehead atoms. The minimum Gasteiger partial charge on any atom is -0.496 e. The SMILES string of the molecule is COc1ccc(Cl)cc1CNCC1CCCN(C)C1. The van der Waals surface area contributed by atoms with Crippen molar-refractivity contribution in [2.24, 2.45) is 5.92 Å². The van der Waals surface area contributed by atoms with Gasteiger partial charge < -0.3 is 15.0 Å². The Balaban J connectivity index is 1.83. The predicted molar refractivity (Wildman–Crippen MR) is 79.9 cm³/mol. The molecule has 1 aliphatic heterocycles. The first-order valence-corrected chi connectivity index (χ1v) is 7.28. The second-order valence-electron chi connectivity index (χ2n) is 5.36. The lowest BCUT2D eigenvalue weighted by Gasteiger charge is -2.29. The summed E-state index contributed by atoms with van der Waals surface area (Å²) in [5, 5.41) is 4.29. The van der Waals surface area contributed by atoms with Gasteiger partial charge in [-0.05, 0) is 57.1 Å². The van der Waals surface area contributed by atoms with Crippen LogP contribution in [-0.4, -0.2) is 38.7 Å². The molecule has 0 radical (unpaired) electrons. The quantitative estimate of drug-likeness (QED) is 0.899. The van der Waals surface area contributed by atoms with Gasteiger partial charge in [0.15, 0.2) is 0 Å². The van der Waals surface area contributed by atoms with Crippen molar-refractivity contribution in [3.63, 3.8) is 0 Å². The fourth-order valence-electron chi connectivity index (χ4n) is 2.74. The largest absolute Gasteiger partial charge is 0.496 e. The van der Waals surface area contributed by atoms with Gasteiger partial charge in [-0.15, -0.1) is 0 Å². The molecule has 0 aromatic heterocycles. The first-order valence-electron chi connectivity index (χ1n) is 6.90. The summed E-state index contributed by atoms with van der Waals surface area (Å²) in [4.78, 5) is 2.41. The summed E-state index contributed by atoms with van der Waals surface area (Å²) in [5.74, 6) is 1.65. The molecular formula is C15H23ClN2O. The molecular weight excluding hydrogens is 260 g/mol. The summed E-state index contributed by atoms with van der Waals surface area (Å²) < 4.78 is 5.35. The highest BCUT2D eigenvalue weighted by Crippen LogP contribution is 2.22. The lowest BCUT2D eigenvalue weighted by Crippen LogP contribution is -2.37. The highest BCUT2D eigenvalue weighted by molar-refractivity contribution is 6.30. The summed E-state index contributed by atoms with van der Waals surface area (Å²) in [6.45, 7) is 4.29. The smallest absolute Gasteiger partial charge is 0.123 e. The van der Waals surface area contributed by atoms with Gasteiger partial charge in [0, 0.05) is 23.7 Å². The molecule has 0 saturated carbocycles. The Hall–Kier alpha value is -0.770. The number of methoxy groups -OCH3 is 1. The van der Waals surface area contributed by atoms with Crippen LogP contribution in [0.1, 0.15) is 18.4 Å². The van der Waals surface area contributed by atoms with Crippen LogP contribution in [0.3, 0.4) is 0 Å².